The molecule has 0 bridgehead atoms. The molecule has 1 saturated heterocycles. The third kappa shape index (κ3) is 4.97. The maximum absolute atomic E-state index is 12.0. The van der Waals surface area contributed by atoms with Crippen molar-refractivity contribution in [3.05, 3.63) is 22.0 Å². The maximum atomic E-state index is 12.0. The van der Waals surface area contributed by atoms with Crippen molar-refractivity contribution in [3.63, 3.8) is 0 Å². The molecule has 0 spiro atoms. The second-order valence-corrected chi connectivity index (χ2v) is 8.69. The molecule has 14 heteroatoms. The van der Waals surface area contributed by atoms with Gasteiger partial charge >= 0.3 is 17.9 Å². The van der Waals surface area contributed by atoms with E-state index in [4.69, 9.17) is 30.1 Å². The standard InChI is InChI=1S/C20H24BrN5O8/c1-7(2)20(30)31-5-10-13(32-8(3)27)14(33-9(4)28)19(34-10)26-6-24-16(22)12-11(17(23)29)15(21)25-18(12)26/h6-7,10,13-14,19,22,25H,5H2,1-4H3,(H2,23,29)/t10-,13+,14-,19-/m0/s1. The number of carbonyl (C=O) groups excluding carboxylic acids is 4. The zero-order chi connectivity index (χ0) is 25.3. The highest BCUT2D eigenvalue weighted by Gasteiger charge is 2.51. The molecule has 3 heterocycles. The summed E-state index contributed by atoms with van der Waals surface area (Å²) in [6, 6.07) is 0. The lowest BCUT2D eigenvalue weighted by Gasteiger charge is -2.24. The molecule has 4 N–H and O–H groups in total. The first kappa shape index (κ1) is 25.4. The number of nitrogens with two attached hydrogens (primary N) is 1. The SMILES string of the molecule is CC(=O)O[C@H]1[C@H](OC(C)=O)[C@@H](n2cnc(=N)c3c(C(N)=O)c(Br)[nH]c32)O[C@H]1COC(=O)C(C)C. The number of nitrogens with zero attached hydrogens (tertiary/aromatic N) is 2. The predicted octanol–water partition coefficient (Wildman–Crippen LogP) is 0.665. The molecule has 2 aromatic rings. The number of esters is 3. The Morgan fingerprint density at radius 2 is 1.85 bits per heavy atom. The molecule has 1 aliphatic heterocycles. The van der Waals surface area contributed by atoms with Gasteiger partial charge in [0.2, 0.25) is 0 Å². The second kappa shape index (κ2) is 9.93. The molecule has 4 atom stereocenters. The number of primary amides is 1. The van der Waals surface area contributed by atoms with E-state index in [0.29, 0.717) is 0 Å². The van der Waals surface area contributed by atoms with E-state index in [0.717, 1.165) is 0 Å². The summed E-state index contributed by atoms with van der Waals surface area (Å²) in [6.45, 7) is 5.39. The lowest BCUT2D eigenvalue weighted by molar-refractivity contribution is -0.166. The topological polar surface area (TPSA) is 189 Å². The Hall–Kier alpha value is -3.26. The first-order valence-corrected chi connectivity index (χ1v) is 11.0. The number of amides is 1. The molecule has 13 nitrogen and oxygen atoms in total. The van der Waals surface area contributed by atoms with E-state index < -0.39 is 54.3 Å². The minimum absolute atomic E-state index is 0.00262. The van der Waals surface area contributed by atoms with Gasteiger partial charge in [-0.05, 0) is 15.9 Å². The van der Waals surface area contributed by atoms with Gasteiger partial charge in [0, 0.05) is 13.8 Å². The fourth-order valence-electron chi connectivity index (χ4n) is 3.60. The van der Waals surface area contributed by atoms with Crippen LogP contribution in [0.5, 0.6) is 0 Å². The summed E-state index contributed by atoms with van der Waals surface area (Å²) in [5.41, 5.74) is 5.45. The third-order valence-electron chi connectivity index (χ3n) is 5.01. The van der Waals surface area contributed by atoms with Crippen LogP contribution in [0.15, 0.2) is 10.9 Å². The molecule has 1 aliphatic rings. The Morgan fingerprint density at radius 3 is 2.41 bits per heavy atom. The van der Waals surface area contributed by atoms with E-state index >= 15 is 0 Å². The van der Waals surface area contributed by atoms with Crippen LogP contribution in [0.1, 0.15) is 44.3 Å². The zero-order valence-electron chi connectivity index (χ0n) is 18.8. The van der Waals surface area contributed by atoms with Crippen LogP contribution in [0.3, 0.4) is 0 Å². The molecular weight excluding hydrogens is 518 g/mol. The van der Waals surface area contributed by atoms with Crippen molar-refractivity contribution in [1.82, 2.24) is 14.5 Å². The monoisotopic (exact) mass is 541 g/mol. The van der Waals surface area contributed by atoms with E-state index in [1.165, 1.54) is 24.7 Å². The lowest BCUT2D eigenvalue weighted by Crippen LogP contribution is -2.41. The summed E-state index contributed by atoms with van der Waals surface area (Å²) in [5, 5.41) is 8.24. The second-order valence-electron chi connectivity index (χ2n) is 7.90. The molecule has 1 fully saturated rings. The molecular formula is C20H24BrN5O8. The fraction of sp³-hybridized carbons (Fsp3) is 0.500. The predicted molar refractivity (Wildman–Crippen MR) is 117 cm³/mol. The molecule has 0 saturated carbocycles. The van der Waals surface area contributed by atoms with Gasteiger partial charge in [-0.25, -0.2) is 4.98 Å². The van der Waals surface area contributed by atoms with Crippen LogP contribution in [0, 0.1) is 11.3 Å². The van der Waals surface area contributed by atoms with Crippen LogP contribution in [-0.2, 0) is 33.3 Å². The molecule has 3 rings (SSSR count). The highest BCUT2D eigenvalue weighted by atomic mass is 79.9. The van der Waals surface area contributed by atoms with Gasteiger partial charge in [-0.15, -0.1) is 0 Å². The number of nitrogens with one attached hydrogen (secondary N) is 2. The third-order valence-corrected chi connectivity index (χ3v) is 5.61. The summed E-state index contributed by atoms with van der Waals surface area (Å²) in [5.74, 6) is -3.04. The van der Waals surface area contributed by atoms with Crippen molar-refractivity contribution in [3.8, 4) is 0 Å². The number of ether oxygens (including phenoxy) is 4. The van der Waals surface area contributed by atoms with Crippen molar-refractivity contribution in [2.45, 2.75) is 52.2 Å². The highest BCUT2D eigenvalue weighted by molar-refractivity contribution is 9.10. The molecule has 184 valence electrons. The molecule has 34 heavy (non-hydrogen) atoms. The summed E-state index contributed by atoms with van der Waals surface area (Å²) >= 11 is 3.22. The van der Waals surface area contributed by atoms with Gasteiger partial charge in [-0.1, -0.05) is 13.8 Å². The quantitative estimate of drug-likeness (QED) is 0.334. The Balaban J connectivity index is 2.11. The average Bonchev–Trinajstić information content (AvgIpc) is 3.24. The summed E-state index contributed by atoms with van der Waals surface area (Å²) in [7, 11) is 0. The molecule has 0 aliphatic carbocycles. The van der Waals surface area contributed by atoms with Gasteiger partial charge in [-0.2, -0.15) is 0 Å². The Labute approximate surface area is 201 Å². The van der Waals surface area contributed by atoms with Crippen molar-refractivity contribution in [2.24, 2.45) is 11.7 Å². The number of aromatic amines is 1. The highest BCUT2D eigenvalue weighted by Crippen LogP contribution is 2.36. The van der Waals surface area contributed by atoms with E-state index in [1.807, 2.05) is 0 Å². The largest absolute Gasteiger partial charge is 0.463 e. The first-order valence-electron chi connectivity index (χ1n) is 10.2. The van der Waals surface area contributed by atoms with Crippen LogP contribution in [0.25, 0.3) is 11.0 Å². The van der Waals surface area contributed by atoms with Gasteiger partial charge in [0.1, 0.15) is 24.7 Å². The van der Waals surface area contributed by atoms with Crippen LogP contribution in [-0.4, -0.2) is 63.3 Å². The average molecular weight is 542 g/mol. The normalized spacial score (nSPS) is 22.1. The van der Waals surface area contributed by atoms with Gasteiger partial charge in [0.25, 0.3) is 5.91 Å². The summed E-state index contributed by atoms with van der Waals surface area (Å²) < 4.78 is 23.7. The number of halogens is 1. The summed E-state index contributed by atoms with van der Waals surface area (Å²) in [6.07, 6.45) is -3.17. The van der Waals surface area contributed by atoms with Crippen molar-refractivity contribution < 1.29 is 38.1 Å². The molecule has 0 radical (unpaired) electrons. The number of aromatic nitrogens is 3. The molecule has 0 unspecified atom stereocenters. The summed E-state index contributed by atoms with van der Waals surface area (Å²) in [4.78, 5) is 54.6. The Kier molecular flexibility index (Phi) is 7.41. The number of H-pyrrole nitrogens is 1. The van der Waals surface area contributed by atoms with Crippen LogP contribution in [0.2, 0.25) is 0 Å². The molecule has 1 amide bonds. The number of carbonyl (C=O) groups is 4. The minimum atomic E-state index is -1.17. The van der Waals surface area contributed by atoms with Gasteiger partial charge < -0.3 is 29.7 Å². The van der Waals surface area contributed by atoms with E-state index in [9.17, 15) is 19.2 Å². The number of hydrogen-bond donors (Lipinski definition) is 3. The van der Waals surface area contributed by atoms with Crippen molar-refractivity contribution in [1.29, 1.82) is 5.41 Å². The molecule has 0 aromatic carbocycles. The van der Waals surface area contributed by atoms with Gasteiger partial charge in [0.05, 0.1) is 21.5 Å². The van der Waals surface area contributed by atoms with E-state index in [1.54, 1.807) is 13.8 Å². The maximum Gasteiger partial charge on any atom is 0.308 e. The smallest absolute Gasteiger partial charge is 0.308 e. The number of hydrogen-bond acceptors (Lipinski definition) is 10. The number of fused-ring (bicyclic) bond motifs is 1. The lowest BCUT2D eigenvalue weighted by atomic mass is 10.1. The Bertz CT molecular complexity index is 1210. The molecule has 2 aromatic heterocycles. The number of rotatable bonds is 7. The first-order chi connectivity index (χ1) is 15.9. The van der Waals surface area contributed by atoms with Crippen molar-refractivity contribution >= 4 is 50.8 Å². The van der Waals surface area contributed by atoms with Crippen LogP contribution in [0.4, 0.5) is 0 Å². The van der Waals surface area contributed by atoms with Crippen LogP contribution >= 0.6 is 15.9 Å². The van der Waals surface area contributed by atoms with Gasteiger partial charge in [0.15, 0.2) is 23.9 Å². The van der Waals surface area contributed by atoms with E-state index in [-0.39, 0.29) is 33.3 Å². The van der Waals surface area contributed by atoms with Gasteiger partial charge in [-0.3, -0.25) is 29.2 Å². The minimum Gasteiger partial charge on any atom is -0.463 e. The van der Waals surface area contributed by atoms with Crippen molar-refractivity contribution in [2.75, 3.05) is 6.61 Å². The van der Waals surface area contributed by atoms with E-state index in [2.05, 4.69) is 25.9 Å². The Morgan fingerprint density at radius 1 is 1.24 bits per heavy atom. The van der Waals surface area contributed by atoms with Crippen LogP contribution < -0.4 is 11.2 Å². The fourth-order valence-corrected chi connectivity index (χ4v) is 4.18. The zero-order valence-corrected chi connectivity index (χ0v) is 20.4.